The van der Waals surface area contributed by atoms with Gasteiger partial charge >= 0.3 is 5.97 Å². The fourth-order valence-electron chi connectivity index (χ4n) is 5.20. The number of aromatic nitrogens is 2. The largest absolute Gasteiger partial charge is 0.485 e. The number of piperidine rings is 1. The van der Waals surface area contributed by atoms with Crippen LogP contribution in [-0.4, -0.2) is 45.9 Å². The van der Waals surface area contributed by atoms with Crippen molar-refractivity contribution in [1.29, 1.82) is 0 Å². The molecule has 3 heterocycles. The van der Waals surface area contributed by atoms with Crippen molar-refractivity contribution in [3.8, 4) is 5.75 Å². The molecule has 7 nitrogen and oxygen atoms in total. The topological polar surface area (TPSA) is 73.1 Å². The molecule has 1 aliphatic heterocycles. The molecular formula is C31H32FN3O4. The number of fused-ring (bicyclic) bond motifs is 1. The van der Waals surface area contributed by atoms with Gasteiger partial charge in [-0.25, -0.2) is 9.37 Å². The molecule has 2 atom stereocenters. The number of amides is 1. The summed E-state index contributed by atoms with van der Waals surface area (Å²) in [4.78, 5) is 32.2. The molecule has 39 heavy (non-hydrogen) atoms. The average Bonchev–Trinajstić information content (AvgIpc) is 3.40. The van der Waals surface area contributed by atoms with E-state index in [1.54, 1.807) is 36.2 Å². The number of carbonyl (C=O) groups excluding carboxylic acids is 2. The van der Waals surface area contributed by atoms with Gasteiger partial charge in [0, 0.05) is 37.8 Å². The number of esters is 1. The minimum Gasteiger partial charge on any atom is -0.485 e. The van der Waals surface area contributed by atoms with E-state index in [2.05, 4.69) is 4.98 Å². The number of likely N-dealkylation sites (tertiary alicyclic amines) is 1. The minimum atomic E-state index is -0.582. The van der Waals surface area contributed by atoms with E-state index in [4.69, 9.17) is 9.47 Å². The molecule has 0 spiro atoms. The van der Waals surface area contributed by atoms with Crippen molar-refractivity contribution >= 4 is 17.5 Å². The molecule has 8 heteroatoms. The Kier molecular flexibility index (Phi) is 8.20. The fourth-order valence-corrected chi connectivity index (χ4v) is 5.20. The van der Waals surface area contributed by atoms with Crippen LogP contribution in [0, 0.1) is 11.7 Å². The van der Waals surface area contributed by atoms with Crippen molar-refractivity contribution in [1.82, 2.24) is 14.3 Å². The second kappa shape index (κ2) is 12.1. The summed E-state index contributed by atoms with van der Waals surface area (Å²) in [5.74, 6) is -1.12. The molecule has 202 valence electrons. The number of benzene rings is 2. The first-order chi connectivity index (χ1) is 19.0. The Labute approximate surface area is 227 Å². The Balaban J connectivity index is 1.43. The second-order valence-electron chi connectivity index (χ2n) is 9.73. The predicted molar refractivity (Wildman–Crippen MR) is 145 cm³/mol. The Morgan fingerprint density at radius 2 is 1.87 bits per heavy atom. The highest BCUT2D eigenvalue weighted by molar-refractivity contribution is 5.80. The van der Waals surface area contributed by atoms with Gasteiger partial charge < -0.3 is 18.8 Å². The SMILES string of the molecule is CCOC(=O)C1CCCN(C(=O)CC(c2ccccc2F)c2cnc3c(OCc4ccccc4)cccn23)C1. The molecule has 0 saturated carbocycles. The maximum atomic E-state index is 15.1. The molecule has 1 amide bonds. The van der Waals surface area contributed by atoms with E-state index in [1.807, 2.05) is 53.1 Å². The molecule has 1 aliphatic rings. The summed E-state index contributed by atoms with van der Waals surface area (Å²) in [5.41, 5.74) is 2.73. The monoisotopic (exact) mass is 529 g/mol. The van der Waals surface area contributed by atoms with E-state index in [0.29, 0.717) is 55.4 Å². The van der Waals surface area contributed by atoms with E-state index in [-0.39, 0.29) is 30.0 Å². The van der Waals surface area contributed by atoms with Crippen LogP contribution in [-0.2, 0) is 20.9 Å². The van der Waals surface area contributed by atoms with Gasteiger partial charge in [-0.2, -0.15) is 0 Å². The first-order valence-corrected chi connectivity index (χ1v) is 13.4. The van der Waals surface area contributed by atoms with E-state index in [9.17, 15) is 9.59 Å². The van der Waals surface area contributed by atoms with Crippen LogP contribution >= 0.6 is 0 Å². The number of hydrogen-bond acceptors (Lipinski definition) is 5. The first-order valence-electron chi connectivity index (χ1n) is 13.4. The summed E-state index contributed by atoms with van der Waals surface area (Å²) in [6, 6.07) is 20.1. The third-order valence-electron chi connectivity index (χ3n) is 7.18. The Hall–Kier alpha value is -4.20. The maximum absolute atomic E-state index is 15.1. The van der Waals surface area contributed by atoms with Gasteiger partial charge in [0.05, 0.1) is 18.2 Å². The number of pyridine rings is 1. The molecule has 0 bridgehead atoms. The third kappa shape index (κ3) is 5.95. The van der Waals surface area contributed by atoms with Crippen molar-refractivity contribution < 1.29 is 23.5 Å². The van der Waals surface area contributed by atoms with Gasteiger partial charge in [0.1, 0.15) is 12.4 Å². The molecule has 1 saturated heterocycles. The van der Waals surface area contributed by atoms with Crippen LogP contribution in [0.15, 0.2) is 79.1 Å². The molecule has 0 N–H and O–H groups in total. The summed E-state index contributed by atoms with van der Waals surface area (Å²) in [5, 5.41) is 0. The number of carbonyl (C=O) groups is 2. The highest BCUT2D eigenvalue weighted by Gasteiger charge is 2.32. The molecule has 2 aromatic carbocycles. The van der Waals surface area contributed by atoms with E-state index < -0.39 is 5.92 Å². The van der Waals surface area contributed by atoms with Crippen molar-refractivity contribution in [2.75, 3.05) is 19.7 Å². The molecule has 5 rings (SSSR count). The lowest BCUT2D eigenvalue weighted by molar-refractivity contribution is -0.151. The molecular weight excluding hydrogens is 497 g/mol. The Morgan fingerprint density at radius 1 is 1.08 bits per heavy atom. The molecule has 1 fully saturated rings. The van der Waals surface area contributed by atoms with Gasteiger partial charge in [-0.1, -0.05) is 48.5 Å². The van der Waals surface area contributed by atoms with Crippen molar-refractivity contribution in [3.05, 3.63) is 102 Å². The smallest absolute Gasteiger partial charge is 0.310 e. The van der Waals surface area contributed by atoms with Crippen LogP contribution in [0.25, 0.3) is 5.65 Å². The Morgan fingerprint density at radius 3 is 2.67 bits per heavy atom. The lowest BCUT2D eigenvalue weighted by Gasteiger charge is -2.32. The van der Waals surface area contributed by atoms with E-state index in [0.717, 1.165) is 12.0 Å². The highest BCUT2D eigenvalue weighted by Crippen LogP contribution is 2.33. The van der Waals surface area contributed by atoms with Crippen LogP contribution in [0.1, 0.15) is 48.9 Å². The number of rotatable bonds is 9. The summed E-state index contributed by atoms with van der Waals surface area (Å²) < 4.78 is 28.3. The van der Waals surface area contributed by atoms with Crippen LogP contribution in [0.2, 0.25) is 0 Å². The zero-order chi connectivity index (χ0) is 27.2. The summed E-state index contributed by atoms with van der Waals surface area (Å²) in [6.45, 7) is 3.34. The molecule has 4 aromatic rings. The summed E-state index contributed by atoms with van der Waals surface area (Å²) >= 11 is 0. The van der Waals surface area contributed by atoms with E-state index >= 15 is 4.39 Å². The maximum Gasteiger partial charge on any atom is 0.310 e. The molecule has 2 aromatic heterocycles. The number of nitrogens with zero attached hydrogens (tertiary/aromatic N) is 3. The predicted octanol–water partition coefficient (Wildman–Crippen LogP) is 5.38. The van der Waals surface area contributed by atoms with Crippen LogP contribution in [0.3, 0.4) is 0 Å². The van der Waals surface area contributed by atoms with Crippen LogP contribution in [0.5, 0.6) is 5.75 Å². The van der Waals surface area contributed by atoms with Gasteiger partial charge in [0.25, 0.3) is 0 Å². The summed E-state index contributed by atoms with van der Waals surface area (Å²) in [7, 11) is 0. The molecule has 0 radical (unpaired) electrons. The highest BCUT2D eigenvalue weighted by atomic mass is 19.1. The standard InChI is InChI=1S/C31H32FN3O4/c1-2-38-31(37)23-12-8-16-34(20-23)29(36)18-25(24-13-6-7-14-26(24)32)27-19-33-30-28(15-9-17-35(27)30)39-21-22-10-4-3-5-11-22/h3-7,9-11,13-15,17,19,23,25H,2,8,12,16,18,20-21H2,1H3. The van der Waals surface area contributed by atoms with Crippen molar-refractivity contribution in [2.45, 2.75) is 38.7 Å². The van der Waals surface area contributed by atoms with Gasteiger partial charge in [-0.3, -0.25) is 9.59 Å². The van der Waals surface area contributed by atoms with Gasteiger partial charge in [-0.05, 0) is 49.1 Å². The Bertz CT molecular complexity index is 1440. The van der Waals surface area contributed by atoms with Crippen LogP contribution < -0.4 is 4.74 Å². The molecule has 0 aliphatic carbocycles. The van der Waals surface area contributed by atoms with Crippen molar-refractivity contribution in [2.24, 2.45) is 5.92 Å². The van der Waals surface area contributed by atoms with Crippen LogP contribution in [0.4, 0.5) is 4.39 Å². The van der Waals surface area contributed by atoms with Gasteiger partial charge in [-0.15, -0.1) is 0 Å². The third-order valence-corrected chi connectivity index (χ3v) is 7.18. The quantitative estimate of drug-likeness (QED) is 0.273. The molecule has 2 unspecified atom stereocenters. The zero-order valence-corrected chi connectivity index (χ0v) is 22.0. The number of hydrogen-bond donors (Lipinski definition) is 0. The average molecular weight is 530 g/mol. The van der Waals surface area contributed by atoms with Crippen molar-refractivity contribution in [3.63, 3.8) is 0 Å². The van der Waals surface area contributed by atoms with E-state index in [1.165, 1.54) is 6.07 Å². The minimum absolute atomic E-state index is 0.0410. The van der Waals surface area contributed by atoms with Gasteiger partial charge in [0.2, 0.25) is 5.91 Å². The fraction of sp³-hybridized carbons (Fsp3) is 0.323. The second-order valence-corrected chi connectivity index (χ2v) is 9.73. The first kappa shape index (κ1) is 26.4. The number of imidazole rings is 1. The summed E-state index contributed by atoms with van der Waals surface area (Å²) in [6.07, 6.45) is 4.99. The zero-order valence-electron chi connectivity index (χ0n) is 22.0. The lowest BCUT2D eigenvalue weighted by Crippen LogP contribution is -2.43. The lowest BCUT2D eigenvalue weighted by atomic mass is 9.90. The van der Waals surface area contributed by atoms with Gasteiger partial charge in [0.15, 0.2) is 11.4 Å². The number of ether oxygens (including phenoxy) is 2. The normalized spacial score (nSPS) is 16.2. The number of halogens is 1.